The molecule has 0 atom stereocenters. The molecular weight excluding hydrogens is 1300 g/mol. The van der Waals surface area contributed by atoms with Gasteiger partial charge in [0.05, 0.1) is 33.1 Å². The topological polar surface area (TPSA) is 53.5 Å². The number of benzene rings is 15. The van der Waals surface area contributed by atoms with Crippen LogP contribution in [0, 0.1) is 0 Å². The van der Waals surface area contributed by atoms with Gasteiger partial charge in [0.15, 0.2) is 5.82 Å². The second-order valence-corrected chi connectivity index (χ2v) is 29.9. The molecule has 0 fully saturated rings. The Morgan fingerprint density at radius 1 is 0.176 bits per heavy atom. The molecular formula is C93H54N6S3. The summed E-state index contributed by atoms with van der Waals surface area (Å²) in [6.07, 6.45) is 0. The third-order valence-corrected chi connectivity index (χ3v) is 24.4. The Labute approximate surface area is 596 Å². The van der Waals surface area contributed by atoms with Gasteiger partial charge in [-0.25, -0.2) is 0 Å². The molecule has 0 radical (unpaired) electrons. The van der Waals surface area contributed by atoms with Gasteiger partial charge in [-0.1, -0.05) is 206 Å². The molecule has 7 heterocycles. The highest BCUT2D eigenvalue weighted by Crippen LogP contribution is 2.44. The minimum atomic E-state index is 0.535. The molecule has 0 spiro atoms. The van der Waals surface area contributed by atoms with Crippen LogP contribution < -0.4 is 0 Å². The molecule has 22 rings (SSSR count). The van der Waals surface area contributed by atoms with Crippen molar-refractivity contribution in [3.63, 3.8) is 0 Å². The van der Waals surface area contributed by atoms with E-state index in [1.807, 2.05) is 34.0 Å². The maximum atomic E-state index is 5.59. The molecule has 102 heavy (non-hydrogen) atoms. The van der Waals surface area contributed by atoms with Crippen molar-refractivity contribution >= 4 is 160 Å². The van der Waals surface area contributed by atoms with Crippen molar-refractivity contribution in [1.82, 2.24) is 28.7 Å². The van der Waals surface area contributed by atoms with Crippen LogP contribution in [0.25, 0.3) is 211 Å². The van der Waals surface area contributed by atoms with Gasteiger partial charge in [-0.2, -0.15) is 15.0 Å². The highest BCUT2D eigenvalue weighted by Gasteiger charge is 2.23. The van der Waals surface area contributed by atoms with Crippen LogP contribution in [0.15, 0.2) is 328 Å². The van der Waals surface area contributed by atoms with Gasteiger partial charge >= 0.3 is 0 Å². The van der Waals surface area contributed by atoms with Crippen molar-refractivity contribution in [3.05, 3.63) is 328 Å². The lowest BCUT2D eigenvalue weighted by Gasteiger charge is -2.13. The van der Waals surface area contributed by atoms with Crippen LogP contribution in [0.4, 0.5) is 0 Å². The smallest absolute Gasteiger partial charge is 0.240 e. The second kappa shape index (κ2) is 22.4. The third kappa shape index (κ3) is 8.98. The minimum absolute atomic E-state index is 0.535. The van der Waals surface area contributed by atoms with Crippen LogP contribution in [-0.4, -0.2) is 28.7 Å². The molecule has 6 nitrogen and oxygen atoms in total. The first-order valence-corrected chi connectivity index (χ1v) is 36.9. The fraction of sp³-hybridized carbons (Fsp3) is 0. The van der Waals surface area contributed by atoms with Crippen LogP contribution in [0.3, 0.4) is 0 Å². The highest BCUT2D eigenvalue weighted by molar-refractivity contribution is 7.26. The van der Waals surface area contributed by atoms with E-state index in [1.54, 1.807) is 0 Å². The zero-order valence-corrected chi connectivity index (χ0v) is 57.0. The van der Waals surface area contributed by atoms with Gasteiger partial charge in [0.2, 0.25) is 11.9 Å². The molecule has 0 unspecified atom stereocenters. The SMILES string of the molecule is c1ccc2c(c1)sc1ccc(-c3ccc4c(c3)c3ccccc3n4-c3ccc(-c4ccc(-c5ccc(-c6nc(-n7c8ccccc8c8cc(-c9ccc%10sc%11ccccc%11c%10c9)ccc87)nc(-n7c8ccccc8c8cc(-c9ccc%10sc%11ccccc%11c%10c9)ccc87)n6)cc5)cc4)cc3)cc12. The molecule has 7 aromatic heterocycles. The van der Waals surface area contributed by atoms with Gasteiger partial charge in [-0.05, 0) is 177 Å². The predicted octanol–water partition coefficient (Wildman–Crippen LogP) is 26.3. The van der Waals surface area contributed by atoms with E-state index in [9.17, 15) is 0 Å². The first kappa shape index (κ1) is 57.3. The quantitative estimate of drug-likeness (QED) is 0.145. The molecule has 0 amide bonds. The molecule has 15 aromatic carbocycles. The molecule has 0 N–H and O–H groups in total. The van der Waals surface area contributed by atoms with Crippen molar-refractivity contribution in [3.8, 4) is 84.6 Å². The van der Waals surface area contributed by atoms with E-state index in [-0.39, 0.29) is 0 Å². The molecule has 0 aliphatic heterocycles. The van der Waals surface area contributed by atoms with Crippen LogP contribution in [0.5, 0.6) is 0 Å². The Balaban J connectivity index is 0.623. The summed E-state index contributed by atoms with van der Waals surface area (Å²) < 4.78 is 14.7. The molecule has 0 aliphatic carbocycles. The number of thiophene rings is 3. The first-order chi connectivity index (χ1) is 50.5. The molecule has 0 saturated heterocycles. The summed E-state index contributed by atoms with van der Waals surface area (Å²) in [6, 6.07) is 120. The Kier molecular flexibility index (Phi) is 12.6. The van der Waals surface area contributed by atoms with E-state index in [1.165, 1.54) is 105 Å². The van der Waals surface area contributed by atoms with Gasteiger partial charge in [0, 0.05) is 104 Å². The molecule has 9 heteroatoms. The summed E-state index contributed by atoms with van der Waals surface area (Å²) in [5, 5.41) is 14.7. The van der Waals surface area contributed by atoms with Gasteiger partial charge in [-0.15, -0.1) is 34.0 Å². The van der Waals surface area contributed by atoms with E-state index in [2.05, 4.69) is 341 Å². The number of nitrogens with zero attached hydrogens (tertiary/aromatic N) is 6. The molecule has 474 valence electrons. The van der Waals surface area contributed by atoms with Crippen molar-refractivity contribution in [2.45, 2.75) is 0 Å². The van der Waals surface area contributed by atoms with Gasteiger partial charge in [0.25, 0.3) is 0 Å². The van der Waals surface area contributed by atoms with Crippen LogP contribution >= 0.6 is 34.0 Å². The van der Waals surface area contributed by atoms with Gasteiger partial charge in [0.1, 0.15) is 0 Å². The molecule has 22 aromatic rings. The van der Waals surface area contributed by atoms with Gasteiger partial charge in [-0.3, -0.25) is 9.13 Å². The Morgan fingerprint density at radius 2 is 0.431 bits per heavy atom. The lowest BCUT2D eigenvalue weighted by atomic mass is 9.99. The van der Waals surface area contributed by atoms with Crippen LogP contribution in [0.2, 0.25) is 0 Å². The van der Waals surface area contributed by atoms with E-state index in [4.69, 9.17) is 15.0 Å². The minimum Gasteiger partial charge on any atom is -0.309 e. The Morgan fingerprint density at radius 3 is 0.804 bits per heavy atom. The van der Waals surface area contributed by atoms with Crippen molar-refractivity contribution in [2.75, 3.05) is 0 Å². The predicted molar refractivity (Wildman–Crippen MR) is 434 cm³/mol. The summed E-state index contributed by atoms with van der Waals surface area (Å²) in [7, 11) is 0. The van der Waals surface area contributed by atoms with Crippen LogP contribution in [0.1, 0.15) is 0 Å². The maximum Gasteiger partial charge on any atom is 0.240 e. The fourth-order valence-corrected chi connectivity index (χ4v) is 19.3. The first-order valence-electron chi connectivity index (χ1n) is 34.4. The van der Waals surface area contributed by atoms with Crippen molar-refractivity contribution in [1.29, 1.82) is 0 Å². The summed E-state index contributed by atoms with van der Waals surface area (Å²) in [4.78, 5) is 16.6. The lowest BCUT2D eigenvalue weighted by Crippen LogP contribution is -2.10. The Bertz CT molecular complexity index is 6990. The van der Waals surface area contributed by atoms with Gasteiger partial charge < -0.3 is 4.57 Å². The third-order valence-electron chi connectivity index (χ3n) is 21.0. The second-order valence-electron chi connectivity index (χ2n) is 26.6. The number of fused-ring (bicyclic) bond motifs is 18. The van der Waals surface area contributed by atoms with Crippen molar-refractivity contribution < 1.29 is 0 Å². The average Bonchev–Trinajstić information content (AvgIpc) is 1.57. The maximum absolute atomic E-state index is 5.59. The standard InChI is InChI=1S/C93H54N6S3/c1-7-19-79-67(13-1)73-49-60(63-38-46-88-76(52-63)70-16-4-10-22-85(70)100-88)35-43-82(73)97(79)66-41-33-58(34-42-66)56-27-25-55(26-28-56)57-29-31-59(32-30-57)91-94-92(98-80-20-8-2-14-68(80)74-50-61(36-44-83(74)98)64-39-47-89-77(53-64)71-17-5-11-23-86(71)101-89)96-93(95-91)99-81-21-9-3-15-69(81)75-51-62(37-45-84(75)99)65-40-48-90-78(54-65)72-18-6-12-24-87(72)102-90/h1-54H. The lowest BCUT2D eigenvalue weighted by molar-refractivity contribution is 0.893. The summed E-state index contributed by atoms with van der Waals surface area (Å²) in [5.74, 6) is 1.64. The van der Waals surface area contributed by atoms with Crippen molar-refractivity contribution in [2.24, 2.45) is 0 Å². The van der Waals surface area contributed by atoms with E-state index in [0.29, 0.717) is 17.7 Å². The van der Waals surface area contributed by atoms with E-state index >= 15 is 0 Å². The summed E-state index contributed by atoms with van der Waals surface area (Å²) >= 11 is 5.55. The number of aromatic nitrogens is 6. The van der Waals surface area contributed by atoms with E-state index in [0.717, 1.165) is 88.2 Å². The zero-order chi connectivity index (χ0) is 66.7. The highest BCUT2D eigenvalue weighted by atomic mass is 32.1. The number of hydrogen-bond acceptors (Lipinski definition) is 6. The summed E-state index contributed by atoms with van der Waals surface area (Å²) in [6.45, 7) is 0. The summed E-state index contributed by atoms with van der Waals surface area (Å²) in [5.41, 5.74) is 20.1. The molecule has 0 saturated carbocycles. The van der Waals surface area contributed by atoms with Crippen LogP contribution in [-0.2, 0) is 0 Å². The fourth-order valence-electron chi connectivity index (χ4n) is 16.0. The number of hydrogen-bond donors (Lipinski definition) is 0. The normalized spacial score (nSPS) is 12.1. The largest absolute Gasteiger partial charge is 0.309 e. The Hall–Kier alpha value is -12.6. The zero-order valence-electron chi connectivity index (χ0n) is 54.6. The average molecular weight is 1350 g/mol. The molecule has 0 aliphatic rings. The number of rotatable bonds is 9. The monoisotopic (exact) mass is 1350 g/mol. The number of para-hydroxylation sites is 3. The van der Waals surface area contributed by atoms with E-state index < -0.39 is 0 Å². The molecule has 0 bridgehead atoms.